The maximum Gasteiger partial charge on any atom is 0.329 e. The molecule has 0 aliphatic carbocycles. The van der Waals surface area contributed by atoms with Gasteiger partial charge in [-0.15, -0.1) is 0 Å². The fraction of sp³-hybridized carbons (Fsp3) is 0.594. The van der Waals surface area contributed by atoms with Gasteiger partial charge in [0.25, 0.3) is 5.91 Å². The number of benzene rings is 1. The Labute approximate surface area is 257 Å². The standard InChI is InChI=1S/C32H44N4O8/c1-2-32-9-5-10-35-11-8-23-22-6-3-4-7-25(22)36(28(23)29(32)35)26(21-32)30(39)34-24(20-27(33)38)31(40)44-19-18-43-17-16-42-15-14-41-13-12-37/h3-4,6-7,21,24,29,37H,2,5,8-20H2,1H3,(H2,33,38)(H,34,39)/t24-,29+,32-/m0/s1. The Balaban J connectivity index is 1.27. The number of nitrogens with two attached hydrogens (primary N) is 1. The molecule has 1 aromatic carbocycles. The van der Waals surface area contributed by atoms with Gasteiger partial charge < -0.3 is 39.7 Å². The van der Waals surface area contributed by atoms with Crippen LogP contribution in [0.2, 0.25) is 0 Å². The van der Waals surface area contributed by atoms with Crippen LogP contribution in [0.3, 0.4) is 0 Å². The van der Waals surface area contributed by atoms with Crippen LogP contribution in [0.4, 0.5) is 0 Å². The monoisotopic (exact) mass is 612 g/mol. The van der Waals surface area contributed by atoms with Gasteiger partial charge in [-0.1, -0.05) is 25.1 Å². The minimum absolute atomic E-state index is 0.0331. The van der Waals surface area contributed by atoms with Gasteiger partial charge in [-0.3, -0.25) is 14.5 Å². The summed E-state index contributed by atoms with van der Waals surface area (Å²) in [5.74, 6) is -1.92. The molecule has 3 atom stereocenters. The third kappa shape index (κ3) is 6.69. The third-order valence-electron chi connectivity index (χ3n) is 8.93. The molecule has 12 heteroatoms. The van der Waals surface area contributed by atoms with E-state index in [4.69, 9.17) is 29.8 Å². The second-order valence-electron chi connectivity index (χ2n) is 11.5. The van der Waals surface area contributed by atoms with E-state index in [-0.39, 0.29) is 44.3 Å². The smallest absolute Gasteiger partial charge is 0.329 e. The summed E-state index contributed by atoms with van der Waals surface area (Å²) in [7, 11) is 0. The molecule has 1 aromatic heterocycles. The molecule has 12 nitrogen and oxygen atoms in total. The quantitative estimate of drug-likeness (QED) is 0.178. The molecule has 1 saturated heterocycles. The SMILES string of the molecule is CC[C@@]12C=C(C(=O)N[C@@H](CC(N)=O)C(=O)OCCOCCOCCOCCO)n3c4c(c5ccccc53)CCN(CCC1)[C@H]42. The van der Waals surface area contributed by atoms with E-state index in [1.165, 1.54) is 11.3 Å². The first-order chi connectivity index (χ1) is 21.4. The van der Waals surface area contributed by atoms with Gasteiger partial charge in [0, 0.05) is 23.0 Å². The number of nitrogens with one attached hydrogen (secondary N) is 1. The first kappa shape index (κ1) is 32.1. The number of hydrogen-bond acceptors (Lipinski definition) is 9. The number of primary amides is 1. The van der Waals surface area contributed by atoms with Crippen molar-refractivity contribution in [2.24, 2.45) is 11.1 Å². The number of amides is 2. The fourth-order valence-electron chi connectivity index (χ4n) is 6.98. The Morgan fingerprint density at radius 3 is 2.45 bits per heavy atom. The molecule has 0 radical (unpaired) electrons. The zero-order chi connectivity index (χ0) is 31.1. The maximum atomic E-state index is 14.1. The van der Waals surface area contributed by atoms with Crippen molar-refractivity contribution in [1.29, 1.82) is 0 Å². The van der Waals surface area contributed by atoms with Crippen LogP contribution >= 0.6 is 0 Å². The molecule has 0 bridgehead atoms. The van der Waals surface area contributed by atoms with E-state index in [0.717, 1.165) is 49.7 Å². The van der Waals surface area contributed by atoms with Crippen LogP contribution in [0.1, 0.15) is 49.9 Å². The Kier molecular flexibility index (Phi) is 10.7. The molecule has 2 amide bonds. The summed E-state index contributed by atoms with van der Waals surface area (Å²) in [4.78, 5) is 41.6. The summed E-state index contributed by atoms with van der Waals surface area (Å²) in [5.41, 5.74) is 9.14. The first-order valence-corrected chi connectivity index (χ1v) is 15.6. The minimum Gasteiger partial charge on any atom is -0.462 e. The lowest BCUT2D eigenvalue weighted by atomic mass is 9.66. The maximum absolute atomic E-state index is 14.1. The molecule has 0 spiro atoms. The average molecular weight is 613 g/mol. The summed E-state index contributed by atoms with van der Waals surface area (Å²) in [6.45, 7) is 5.89. The molecule has 0 saturated carbocycles. The number of nitrogens with zero attached hydrogens (tertiary/aromatic N) is 2. The van der Waals surface area contributed by atoms with Crippen LogP contribution in [0.5, 0.6) is 0 Å². The summed E-state index contributed by atoms with van der Waals surface area (Å²) < 4.78 is 23.3. The van der Waals surface area contributed by atoms with Crippen molar-refractivity contribution >= 4 is 34.4 Å². The fourth-order valence-corrected chi connectivity index (χ4v) is 6.98. The van der Waals surface area contributed by atoms with Crippen LogP contribution in [-0.2, 0) is 39.8 Å². The topological polar surface area (TPSA) is 155 Å². The lowest BCUT2D eigenvalue weighted by molar-refractivity contribution is -0.150. The van der Waals surface area contributed by atoms with E-state index < -0.39 is 23.8 Å². The average Bonchev–Trinajstić information content (AvgIpc) is 3.37. The third-order valence-corrected chi connectivity index (χ3v) is 8.93. The molecule has 4 heterocycles. The van der Waals surface area contributed by atoms with E-state index in [0.29, 0.717) is 32.1 Å². The van der Waals surface area contributed by atoms with Gasteiger partial charge in [0.05, 0.1) is 64.2 Å². The van der Waals surface area contributed by atoms with Crippen molar-refractivity contribution < 1.29 is 38.4 Å². The van der Waals surface area contributed by atoms with Crippen LogP contribution < -0.4 is 11.1 Å². The van der Waals surface area contributed by atoms with Gasteiger partial charge in [0.2, 0.25) is 5.91 Å². The Hall–Kier alpha value is -3.29. The van der Waals surface area contributed by atoms with E-state index in [1.54, 1.807) is 0 Å². The lowest BCUT2D eigenvalue weighted by Gasteiger charge is -2.53. The highest BCUT2D eigenvalue weighted by Crippen LogP contribution is 2.56. The Bertz CT molecular complexity index is 1370. The van der Waals surface area contributed by atoms with Crippen LogP contribution in [0.25, 0.3) is 16.6 Å². The number of carbonyl (C=O) groups is 3. The van der Waals surface area contributed by atoms with E-state index in [1.807, 2.05) is 18.2 Å². The first-order valence-electron chi connectivity index (χ1n) is 15.6. The number of aliphatic hydroxyl groups is 1. The second kappa shape index (κ2) is 14.7. The van der Waals surface area contributed by atoms with Gasteiger partial charge in [-0.2, -0.15) is 0 Å². The van der Waals surface area contributed by atoms with E-state index in [9.17, 15) is 14.4 Å². The number of rotatable bonds is 17. The van der Waals surface area contributed by atoms with Crippen LogP contribution in [-0.4, -0.2) is 104 Å². The highest BCUT2D eigenvalue weighted by molar-refractivity contribution is 6.17. The molecule has 3 aliphatic heterocycles. The number of para-hydroxylation sites is 1. The molecule has 3 aliphatic rings. The van der Waals surface area contributed by atoms with Gasteiger partial charge in [-0.25, -0.2) is 4.79 Å². The van der Waals surface area contributed by atoms with E-state index >= 15 is 0 Å². The normalized spacial score (nSPS) is 21.4. The van der Waals surface area contributed by atoms with Crippen molar-refractivity contribution in [1.82, 2.24) is 14.8 Å². The molecule has 4 N–H and O–H groups in total. The number of hydrogen-bond donors (Lipinski definition) is 3. The lowest BCUT2D eigenvalue weighted by Crippen LogP contribution is -2.52. The molecule has 240 valence electrons. The molecule has 44 heavy (non-hydrogen) atoms. The predicted molar refractivity (Wildman–Crippen MR) is 162 cm³/mol. The summed E-state index contributed by atoms with van der Waals surface area (Å²) in [6, 6.07) is 7.10. The molecule has 0 unspecified atom stereocenters. The zero-order valence-corrected chi connectivity index (χ0v) is 25.4. The summed E-state index contributed by atoms with van der Waals surface area (Å²) in [5, 5.41) is 12.6. The zero-order valence-electron chi connectivity index (χ0n) is 25.4. The number of ether oxygens (including phenoxy) is 4. The van der Waals surface area contributed by atoms with Crippen LogP contribution in [0.15, 0.2) is 30.3 Å². The molecular weight excluding hydrogens is 568 g/mol. The van der Waals surface area contributed by atoms with Crippen LogP contribution in [0, 0.1) is 5.41 Å². The van der Waals surface area contributed by atoms with Gasteiger partial charge in [-0.05, 0) is 49.9 Å². The van der Waals surface area contributed by atoms with Crippen molar-refractivity contribution in [3.05, 3.63) is 41.6 Å². The number of fused-ring (bicyclic) bond motifs is 3. The number of piperidine rings is 1. The number of esters is 1. The number of carbonyl (C=O) groups excluding carboxylic acids is 3. The number of aromatic nitrogens is 1. The Morgan fingerprint density at radius 2 is 1.75 bits per heavy atom. The van der Waals surface area contributed by atoms with Gasteiger partial charge in [0.15, 0.2) is 0 Å². The highest BCUT2D eigenvalue weighted by atomic mass is 16.6. The molecule has 2 aromatic rings. The van der Waals surface area contributed by atoms with Gasteiger partial charge in [0.1, 0.15) is 18.3 Å². The second-order valence-corrected chi connectivity index (χ2v) is 11.5. The van der Waals surface area contributed by atoms with Gasteiger partial charge >= 0.3 is 5.97 Å². The van der Waals surface area contributed by atoms with Crippen molar-refractivity contribution in [3.63, 3.8) is 0 Å². The predicted octanol–water partition coefficient (Wildman–Crippen LogP) is 1.53. The number of aliphatic hydroxyl groups excluding tert-OH is 1. The van der Waals surface area contributed by atoms with Crippen molar-refractivity contribution in [2.45, 2.75) is 51.1 Å². The summed E-state index contributed by atoms with van der Waals surface area (Å²) >= 11 is 0. The van der Waals surface area contributed by atoms with Crippen molar-refractivity contribution in [3.8, 4) is 0 Å². The highest BCUT2D eigenvalue weighted by Gasteiger charge is 2.51. The van der Waals surface area contributed by atoms with Crippen molar-refractivity contribution in [2.75, 3.05) is 65.9 Å². The minimum atomic E-state index is -1.24. The summed E-state index contributed by atoms with van der Waals surface area (Å²) in [6.07, 6.45) is 5.53. The largest absolute Gasteiger partial charge is 0.462 e. The Morgan fingerprint density at radius 1 is 1.05 bits per heavy atom. The molecule has 5 rings (SSSR count). The van der Waals surface area contributed by atoms with E-state index in [2.05, 4.69) is 33.8 Å². The molecule has 1 fully saturated rings. The molecular formula is C32H44N4O8.